The van der Waals surface area contributed by atoms with Gasteiger partial charge in [0.1, 0.15) is 11.6 Å². The van der Waals surface area contributed by atoms with Gasteiger partial charge in [0.05, 0.1) is 6.04 Å². The summed E-state index contributed by atoms with van der Waals surface area (Å²) in [6.45, 7) is 3.09. The van der Waals surface area contributed by atoms with Gasteiger partial charge in [-0.1, -0.05) is 0 Å². The number of anilines is 2. The zero-order chi connectivity index (χ0) is 13.9. The fourth-order valence-corrected chi connectivity index (χ4v) is 2.52. The molecule has 0 bridgehead atoms. The van der Waals surface area contributed by atoms with Crippen molar-refractivity contribution in [1.82, 2.24) is 24.8 Å². The molecule has 0 aromatic carbocycles. The molecule has 0 saturated carbocycles. The summed E-state index contributed by atoms with van der Waals surface area (Å²) in [7, 11) is 2.12. The maximum absolute atomic E-state index is 4.62. The Morgan fingerprint density at radius 1 is 1.25 bits per heavy atom. The summed E-state index contributed by atoms with van der Waals surface area (Å²) in [6, 6.07) is 4.01. The number of likely N-dealkylation sites (tertiary alicyclic amines) is 1. The normalized spacial score (nSPS) is 19.2. The number of rotatable bonds is 3. The van der Waals surface area contributed by atoms with Crippen molar-refractivity contribution in [3.63, 3.8) is 0 Å². The maximum Gasteiger partial charge on any atom is 0.228 e. The lowest BCUT2D eigenvalue weighted by Crippen LogP contribution is -2.20. The van der Waals surface area contributed by atoms with Crippen molar-refractivity contribution in [3.05, 3.63) is 36.0 Å². The van der Waals surface area contributed by atoms with Crippen LogP contribution in [0.25, 0.3) is 0 Å². The van der Waals surface area contributed by atoms with E-state index in [1.807, 2.05) is 13.0 Å². The molecule has 3 rings (SSSR count). The zero-order valence-corrected chi connectivity index (χ0v) is 11.7. The molecule has 1 fully saturated rings. The standard InChI is InChI=1S/C14H18N6/c1-10-9-12(19-14-15-6-4-7-16-14)18-13(17-10)11-5-3-8-20(11)2/h4,6-7,9,11H,3,5,8H2,1-2H3,(H,15,16,17,18,19)/t11-/m1/s1. The molecular formula is C14H18N6. The van der Waals surface area contributed by atoms with E-state index in [-0.39, 0.29) is 0 Å². The Bertz CT molecular complexity index is 585. The molecule has 1 aliphatic heterocycles. The van der Waals surface area contributed by atoms with Crippen LogP contribution in [0, 0.1) is 6.92 Å². The van der Waals surface area contributed by atoms with Crippen LogP contribution in [-0.2, 0) is 0 Å². The van der Waals surface area contributed by atoms with E-state index < -0.39 is 0 Å². The number of hydrogen-bond donors (Lipinski definition) is 1. The topological polar surface area (TPSA) is 66.8 Å². The molecule has 0 unspecified atom stereocenters. The molecule has 1 saturated heterocycles. The summed E-state index contributed by atoms with van der Waals surface area (Å²) in [4.78, 5) is 19.8. The Labute approximate surface area is 118 Å². The molecular weight excluding hydrogens is 252 g/mol. The van der Waals surface area contributed by atoms with E-state index in [4.69, 9.17) is 0 Å². The Hall–Kier alpha value is -2.08. The van der Waals surface area contributed by atoms with Gasteiger partial charge in [0.2, 0.25) is 5.95 Å². The summed E-state index contributed by atoms with van der Waals surface area (Å²) in [5.74, 6) is 2.18. The summed E-state index contributed by atoms with van der Waals surface area (Å²) < 4.78 is 0. The van der Waals surface area contributed by atoms with Gasteiger partial charge in [-0.05, 0) is 39.4 Å². The molecule has 6 nitrogen and oxygen atoms in total. The lowest BCUT2D eigenvalue weighted by Gasteiger charge is -2.18. The van der Waals surface area contributed by atoms with Gasteiger partial charge < -0.3 is 5.32 Å². The average Bonchev–Trinajstić information content (AvgIpc) is 2.85. The number of nitrogens with one attached hydrogen (secondary N) is 1. The van der Waals surface area contributed by atoms with Crippen molar-refractivity contribution in [2.45, 2.75) is 25.8 Å². The van der Waals surface area contributed by atoms with Crippen molar-refractivity contribution in [1.29, 1.82) is 0 Å². The van der Waals surface area contributed by atoms with Gasteiger partial charge in [0, 0.05) is 24.2 Å². The van der Waals surface area contributed by atoms with Crippen molar-refractivity contribution in [3.8, 4) is 0 Å². The highest BCUT2D eigenvalue weighted by Gasteiger charge is 2.25. The van der Waals surface area contributed by atoms with Gasteiger partial charge in [-0.3, -0.25) is 4.90 Å². The molecule has 0 radical (unpaired) electrons. The van der Waals surface area contributed by atoms with Crippen LogP contribution in [0.15, 0.2) is 24.5 Å². The van der Waals surface area contributed by atoms with Crippen molar-refractivity contribution in [2.75, 3.05) is 18.9 Å². The highest BCUT2D eigenvalue weighted by atomic mass is 15.2. The lowest BCUT2D eigenvalue weighted by atomic mass is 10.2. The molecule has 2 aromatic rings. The Kier molecular flexibility index (Phi) is 3.56. The van der Waals surface area contributed by atoms with Crippen molar-refractivity contribution < 1.29 is 0 Å². The third kappa shape index (κ3) is 2.75. The molecule has 1 N–H and O–H groups in total. The Balaban J connectivity index is 1.87. The first-order valence-electron chi connectivity index (χ1n) is 6.82. The highest BCUT2D eigenvalue weighted by molar-refractivity contribution is 5.47. The van der Waals surface area contributed by atoms with Gasteiger partial charge in [0.15, 0.2) is 0 Å². The molecule has 0 aliphatic carbocycles. The quantitative estimate of drug-likeness (QED) is 0.921. The Morgan fingerprint density at radius 2 is 2.05 bits per heavy atom. The zero-order valence-electron chi connectivity index (χ0n) is 11.7. The van der Waals surface area contributed by atoms with E-state index in [1.54, 1.807) is 18.5 Å². The first-order chi connectivity index (χ1) is 9.72. The van der Waals surface area contributed by atoms with E-state index >= 15 is 0 Å². The molecule has 1 atom stereocenters. The highest BCUT2D eigenvalue weighted by Crippen LogP contribution is 2.28. The average molecular weight is 270 g/mol. The number of hydrogen-bond acceptors (Lipinski definition) is 6. The second-order valence-corrected chi connectivity index (χ2v) is 5.09. The van der Waals surface area contributed by atoms with Gasteiger partial charge >= 0.3 is 0 Å². The third-order valence-electron chi connectivity index (χ3n) is 3.50. The largest absolute Gasteiger partial charge is 0.309 e. The van der Waals surface area contributed by atoms with Gasteiger partial charge in [-0.15, -0.1) is 0 Å². The first kappa shape index (κ1) is 12.9. The smallest absolute Gasteiger partial charge is 0.228 e. The number of nitrogens with zero attached hydrogens (tertiary/aromatic N) is 5. The molecule has 2 aromatic heterocycles. The van der Waals surface area contributed by atoms with Gasteiger partial charge in [-0.2, -0.15) is 0 Å². The van der Waals surface area contributed by atoms with E-state index in [2.05, 4.69) is 37.2 Å². The van der Waals surface area contributed by atoms with Gasteiger partial charge in [-0.25, -0.2) is 19.9 Å². The molecule has 104 valence electrons. The fourth-order valence-electron chi connectivity index (χ4n) is 2.52. The first-order valence-corrected chi connectivity index (χ1v) is 6.82. The summed E-state index contributed by atoms with van der Waals surface area (Å²) in [6.07, 6.45) is 5.72. The van der Waals surface area contributed by atoms with E-state index in [0.29, 0.717) is 12.0 Å². The van der Waals surface area contributed by atoms with Gasteiger partial charge in [0.25, 0.3) is 0 Å². The summed E-state index contributed by atoms with van der Waals surface area (Å²) in [5, 5.41) is 3.13. The minimum absolute atomic E-state index is 0.312. The van der Waals surface area contributed by atoms with Crippen LogP contribution < -0.4 is 5.32 Å². The minimum atomic E-state index is 0.312. The van der Waals surface area contributed by atoms with E-state index in [0.717, 1.165) is 30.3 Å². The predicted molar refractivity (Wildman–Crippen MR) is 76.7 cm³/mol. The van der Waals surface area contributed by atoms with Crippen LogP contribution in [0.1, 0.15) is 30.4 Å². The molecule has 6 heteroatoms. The molecule has 0 amide bonds. The van der Waals surface area contributed by atoms with Crippen molar-refractivity contribution in [2.24, 2.45) is 0 Å². The molecule has 20 heavy (non-hydrogen) atoms. The third-order valence-corrected chi connectivity index (χ3v) is 3.50. The predicted octanol–water partition coefficient (Wildman–Crippen LogP) is 2.09. The Morgan fingerprint density at radius 3 is 2.75 bits per heavy atom. The fraction of sp³-hybridized carbons (Fsp3) is 0.429. The molecule has 1 aliphatic rings. The monoisotopic (exact) mass is 270 g/mol. The van der Waals surface area contributed by atoms with Crippen LogP contribution in [-0.4, -0.2) is 38.4 Å². The van der Waals surface area contributed by atoms with E-state index in [1.165, 1.54) is 6.42 Å². The van der Waals surface area contributed by atoms with Crippen LogP contribution in [0.3, 0.4) is 0 Å². The second kappa shape index (κ2) is 5.50. The van der Waals surface area contributed by atoms with Crippen molar-refractivity contribution >= 4 is 11.8 Å². The SMILES string of the molecule is Cc1cc(Nc2ncccn2)nc([C@H]2CCCN2C)n1. The number of aromatic nitrogens is 4. The van der Waals surface area contributed by atoms with Crippen LogP contribution >= 0.6 is 0 Å². The second-order valence-electron chi connectivity index (χ2n) is 5.09. The minimum Gasteiger partial charge on any atom is -0.309 e. The summed E-state index contributed by atoms with van der Waals surface area (Å²) >= 11 is 0. The lowest BCUT2D eigenvalue weighted by molar-refractivity contribution is 0.305. The summed E-state index contributed by atoms with van der Waals surface area (Å²) in [5.41, 5.74) is 0.953. The van der Waals surface area contributed by atoms with Crippen LogP contribution in [0.2, 0.25) is 0 Å². The molecule has 0 spiro atoms. The maximum atomic E-state index is 4.62. The number of aryl methyl sites for hydroxylation is 1. The van der Waals surface area contributed by atoms with Crippen LogP contribution in [0.4, 0.5) is 11.8 Å². The van der Waals surface area contributed by atoms with E-state index in [9.17, 15) is 0 Å². The van der Waals surface area contributed by atoms with Crippen LogP contribution in [0.5, 0.6) is 0 Å². The molecule has 3 heterocycles.